The summed E-state index contributed by atoms with van der Waals surface area (Å²) in [6.07, 6.45) is 56.4. The first-order valence-corrected chi connectivity index (χ1v) is 25.9. The Hall–Kier alpha value is -1.21. The zero-order chi connectivity index (χ0) is 42.1. The van der Waals surface area contributed by atoms with Gasteiger partial charge in [0.25, 0.3) is 0 Å². The maximum Gasteiger partial charge on any atom is 0.305 e. The highest BCUT2D eigenvalue weighted by molar-refractivity contribution is 5.69. The van der Waals surface area contributed by atoms with Gasteiger partial charge in [-0.2, -0.15) is 5.06 Å². The number of aliphatic hydroxyl groups is 1. The molecular weight excluding hydrogens is 717 g/mol. The number of carbonyl (C=O) groups excluding carboxylic acids is 1. The summed E-state index contributed by atoms with van der Waals surface area (Å²) in [5.74, 6) is -0.0216. The second kappa shape index (κ2) is 50.1. The molecule has 2 N–H and O–H groups in total. The molecule has 0 rings (SSSR count). The predicted molar refractivity (Wildman–Crippen MR) is 253 cm³/mol. The largest absolute Gasteiger partial charge is 0.466 e. The normalized spacial score (nSPS) is 12.0. The van der Waals surface area contributed by atoms with E-state index in [0.717, 1.165) is 77.7 Å². The Morgan fingerprint density at radius 2 is 0.793 bits per heavy atom. The molecule has 0 aromatic rings. The molecule has 0 radical (unpaired) electrons. The van der Waals surface area contributed by atoms with Crippen molar-refractivity contribution >= 4 is 5.97 Å². The van der Waals surface area contributed by atoms with Crippen LogP contribution in [-0.2, 0) is 9.53 Å². The molecule has 344 valence electrons. The highest BCUT2D eigenvalue weighted by Gasteiger charge is 2.06. The number of aliphatic hydroxyl groups excluding tert-OH is 1. The van der Waals surface area contributed by atoms with Crippen molar-refractivity contribution in [1.29, 1.82) is 0 Å². The van der Waals surface area contributed by atoms with Crippen LogP contribution in [0.15, 0.2) is 24.3 Å². The van der Waals surface area contributed by atoms with Gasteiger partial charge in [-0.25, -0.2) is 0 Å². The predicted octanol–water partition coefficient (Wildman–Crippen LogP) is 15.5. The number of carbonyl (C=O) groups is 1. The van der Waals surface area contributed by atoms with E-state index in [9.17, 15) is 15.1 Å². The van der Waals surface area contributed by atoms with Crippen LogP contribution in [0.2, 0.25) is 0 Å². The number of ether oxygens (including phenoxy) is 1. The number of hydrogen-bond acceptors (Lipinski definition) is 6. The Labute approximate surface area is 362 Å². The minimum Gasteiger partial charge on any atom is -0.466 e. The summed E-state index contributed by atoms with van der Waals surface area (Å²) in [5, 5.41) is 21.2. The summed E-state index contributed by atoms with van der Waals surface area (Å²) < 4.78 is 5.49. The molecular formula is C52H102N2O4. The molecule has 0 aliphatic carbocycles. The van der Waals surface area contributed by atoms with Crippen LogP contribution in [-0.4, -0.2) is 72.2 Å². The van der Waals surface area contributed by atoms with E-state index in [4.69, 9.17) is 4.74 Å². The number of allylic oxidation sites excluding steroid dienone is 4. The van der Waals surface area contributed by atoms with Crippen molar-refractivity contribution in [3.05, 3.63) is 24.3 Å². The molecule has 0 fully saturated rings. The molecule has 0 amide bonds. The molecule has 6 heteroatoms. The van der Waals surface area contributed by atoms with E-state index in [1.165, 1.54) is 198 Å². The Morgan fingerprint density at radius 1 is 0.431 bits per heavy atom. The maximum absolute atomic E-state index is 12.1. The van der Waals surface area contributed by atoms with Crippen LogP contribution in [0, 0.1) is 0 Å². The third kappa shape index (κ3) is 47.5. The van der Waals surface area contributed by atoms with Crippen molar-refractivity contribution < 1.29 is 19.8 Å². The summed E-state index contributed by atoms with van der Waals surface area (Å²) in [5.41, 5.74) is 0. The first-order chi connectivity index (χ1) is 28.6. The van der Waals surface area contributed by atoms with Crippen LogP contribution in [0.5, 0.6) is 0 Å². The van der Waals surface area contributed by atoms with Crippen LogP contribution in [0.3, 0.4) is 0 Å². The zero-order valence-corrected chi connectivity index (χ0v) is 39.2. The number of hydroxylamine groups is 2. The standard InChI is InChI=1S/C52H102N2O4/c1-3-5-7-9-11-13-15-16-17-18-19-20-21-27-33-39-45-53(49-50-55)46-40-34-28-23-24-31-37-43-51-58-52(56)44-38-32-26-25-30-36-42-48-54(57)47-41-35-29-22-14-12-10-8-6-4-2/h11,13,16-17,55,57H,3-10,12,14-15,18-51H2,1-2H3/b13-11-,17-16-. The van der Waals surface area contributed by atoms with Gasteiger partial charge in [-0.15, -0.1) is 0 Å². The molecule has 0 heterocycles. The second-order valence-corrected chi connectivity index (χ2v) is 17.6. The van der Waals surface area contributed by atoms with Gasteiger partial charge in [0.2, 0.25) is 0 Å². The van der Waals surface area contributed by atoms with E-state index in [2.05, 4.69) is 43.1 Å². The van der Waals surface area contributed by atoms with Gasteiger partial charge in [0.05, 0.1) is 13.2 Å². The van der Waals surface area contributed by atoms with E-state index in [1.807, 2.05) is 0 Å². The maximum atomic E-state index is 12.1. The molecule has 0 aliphatic rings. The van der Waals surface area contributed by atoms with Gasteiger partial charge in [-0.3, -0.25) is 4.79 Å². The molecule has 0 spiro atoms. The van der Waals surface area contributed by atoms with Crippen molar-refractivity contribution in [2.75, 3.05) is 45.9 Å². The Bertz CT molecular complexity index is 849. The molecule has 58 heavy (non-hydrogen) atoms. The van der Waals surface area contributed by atoms with Crippen LogP contribution in [0.25, 0.3) is 0 Å². The molecule has 0 aromatic heterocycles. The fourth-order valence-electron chi connectivity index (χ4n) is 7.90. The van der Waals surface area contributed by atoms with Crippen LogP contribution >= 0.6 is 0 Å². The quantitative estimate of drug-likeness (QED) is 0.0276. The fraction of sp³-hybridized carbons (Fsp3) is 0.904. The van der Waals surface area contributed by atoms with E-state index in [-0.39, 0.29) is 12.6 Å². The summed E-state index contributed by atoms with van der Waals surface area (Å²) in [6.45, 7) is 10.1. The monoisotopic (exact) mass is 819 g/mol. The van der Waals surface area contributed by atoms with Crippen molar-refractivity contribution in [2.45, 2.75) is 258 Å². The summed E-state index contributed by atoms with van der Waals surface area (Å²) in [4.78, 5) is 14.6. The minimum atomic E-state index is -0.0216. The first kappa shape index (κ1) is 56.8. The van der Waals surface area contributed by atoms with Gasteiger partial charge < -0.3 is 20.0 Å². The van der Waals surface area contributed by atoms with Gasteiger partial charge in [-0.1, -0.05) is 205 Å². The smallest absolute Gasteiger partial charge is 0.305 e. The topological polar surface area (TPSA) is 73.2 Å². The highest BCUT2D eigenvalue weighted by Crippen LogP contribution is 2.14. The van der Waals surface area contributed by atoms with Crippen LogP contribution < -0.4 is 0 Å². The molecule has 0 saturated heterocycles. The van der Waals surface area contributed by atoms with Crippen molar-refractivity contribution in [3.63, 3.8) is 0 Å². The highest BCUT2D eigenvalue weighted by atomic mass is 16.5. The summed E-state index contributed by atoms with van der Waals surface area (Å²) in [7, 11) is 0. The van der Waals surface area contributed by atoms with Crippen molar-refractivity contribution in [3.8, 4) is 0 Å². The zero-order valence-electron chi connectivity index (χ0n) is 39.2. The second-order valence-electron chi connectivity index (χ2n) is 17.6. The molecule has 0 saturated carbocycles. The van der Waals surface area contributed by atoms with Gasteiger partial charge >= 0.3 is 5.97 Å². The third-order valence-corrected chi connectivity index (χ3v) is 11.8. The van der Waals surface area contributed by atoms with Crippen LogP contribution in [0.4, 0.5) is 0 Å². The van der Waals surface area contributed by atoms with E-state index >= 15 is 0 Å². The van der Waals surface area contributed by atoms with Crippen molar-refractivity contribution in [2.24, 2.45) is 0 Å². The lowest BCUT2D eigenvalue weighted by Gasteiger charge is -2.21. The van der Waals surface area contributed by atoms with E-state index in [1.54, 1.807) is 0 Å². The van der Waals surface area contributed by atoms with Gasteiger partial charge in [0, 0.05) is 26.1 Å². The molecule has 0 atom stereocenters. The number of nitrogens with zero attached hydrogens (tertiary/aromatic N) is 2. The molecule has 6 nitrogen and oxygen atoms in total. The Morgan fingerprint density at radius 3 is 1.26 bits per heavy atom. The Balaban J connectivity index is 3.45. The lowest BCUT2D eigenvalue weighted by molar-refractivity contribution is -0.143. The average molecular weight is 819 g/mol. The van der Waals surface area contributed by atoms with E-state index < -0.39 is 0 Å². The number of esters is 1. The van der Waals surface area contributed by atoms with Gasteiger partial charge in [-0.05, 0) is 83.7 Å². The number of unbranched alkanes of at least 4 members (excludes halogenated alkanes) is 31. The molecule has 0 aliphatic heterocycles. The van der Waals surface area contributed by atoms with Crippen molar-refractivity contribution in [1.82, 2.24) is 9.96 Å². The molecule has 0 bridgehead atoms. The summed E-state index contributed by atoms with van der Waals surface area (Å²) >= 11 is 0. The number of hydrogen-bond donors (Lipinski definition) is 2. The van der Waals surface area contributed by atoms with Gasteiger partial charge in [0.1, 0.15) is 0 Å². The summed E-state index contributed by atoms with van der Waals surface area (Å²) in [6, 6.07) is 0. The Kier molecular flexibility index (Phi) is 49.1. The number of rotatable bonds is 49. The SMILES string of the molecule is CCCCC/C=C\C/C=C\CCCCCCCCN(CCO)CCCCCCCCCCOC(=O)CCCCCCCCCN(O)CCCCCCCCCCCC. The fourth-order valence-corrected chi connectivity index (χ4v) is 7.90. The lowest BCUT2D eigenvalue weighted by Crippen LogP contribution is -2.29. The van der Waals surface area contributed by atoms with Gasteiger partial charge in [0.15, 0.2) is 0 Å². The lowest BCUT2D eigenvalue weighted by atomic mass is 10.1. The van der Waals surface area contributed by atoms with Crippen LogP contribution in [0.1, 0.15) is 258 Å². The average Bonchev–Trinajstić information content (AvgIpc) is 3.22. The first-order valence-electron chi connectivity index (χ1n) is 25.9. The third-order valence-electron chi connectivity index (χ3n) is 11.8. The molecule has 0 aromatic carbocycles. The minimum absolute atomic E-state index is 0.0216. The van der Waals surface area contributed by atoms with E-state index in [0.29, 0.717) is 13.0 Å². The molecule has 0 unspecified atom stereocenters.